The number of ether oxygens (including phenoxy) is 4. The van der Waals surface area contributed by atoms with Crippen LogP contribution in [-0.2, 0) is 6.61 Å². The van der Waals surface area contributed by atoms with Crippen molar-refractivity contribution in [3.05, 3.63) is 63.6 Å². The van der Waals surface area contributed by atoms with Crippen molar-refractivity contribution >= 4 is 23.2 Å². The van der Waals surface area contributed by atoms with Crippen LogP contribution in [0.15, 0.2) is 41.8 Å². The Morgan fingerprint density at radius 3 is 2.09 bits per heavy atom. The number of carbonyl (C=O) groups excluding carboxylic acids is 2. The maximum Gasteiger partial charge on any atom is 0.273 e. The SMILES string of the molecule is CCOc1cc(C(=O)NNC(=O)c2ccccc2OCc2csc(C)n2)cc(OCC)c1OCC. The Hall–Kier alpha value is -3.79. The molecule has 0 radical (unpaired) electrons. The lowest BCUT2D eigenvalue weighted by Crippen LogP contribution is -2.41. The zero-order valence-electron chi connectivity index (χ0n) is 20.2. The van der Waals surface area contributed by atoms with Gasteiger partial charge < -0.3 is 18.9 Å². The van der Waals surface area contributed by atoms with Crippen LogP contribution in [0.2, 0.25) is 0 Å². The second-order valence-electron chi connectivity index (χ2n) is 7.15. The minimum absolute atomic E-state index is 0.230. The van der Waals surface area contributed by atoms with Gasteiger partial charge in [-0.15, -0.1) is 11.3 Å². The van der Waals surface area contributed by atoms with Crippen molar-refractivity contribution in [3.8, 4) is 23.0 Å². The van der Waals surface area contributed by atoms with E-state index in [4.69, 9.17) is 18.9 Å². The van der Waals surface area contributed by atoms with E-state index in [0.717, 1.165) is 10.7 Å². The summed E-state index contributed by atoms with van der Waals surface area (Å²) < 4.78 is 22.8. The minimum Gasteiger partial charge on any atom is -0.490 e. The molecule has 2 N–H and O–H groups in total. The molecule has 10 heteroatoms. The maximum atomic E-state index is 12.8. The van der Waals surface area contributed by atoms with E-state index in [1.165, 1.54) is 11.3 Å². The highest BCUT2D eigenvalue weighted by Crippen LogP contribution is 2.39. The van der Waals surface area contributed by atoms with E-state index in [1.54, 1.807) is 36.4 Å². The second kappa shape index (κ2) is 12.6. The highest BCUT2D eigenvalue weighted by atomic mass is 32.1. The average Bonchev–Trinajstić information content (AvgIpc) is 3.28. The molecule has 0 spiro atoms. The van der Waals surface area contributed by atoms with E-state index in [1.807, 2.05) is 33.1 Å². The fourth-order valence-electron chi connectivity index (χ4n) is 3.18. The summed E-state index contributed by atoms with van der Waals surface area (Å²) in [5.41, 5.74) is 6.17. The van der Waals surface area contributed by atoms with E-state index >= 15 is 0 Å². The number of aryl methyl sites for hydroxylation is 1. The lowest BCUT2D eigenvalue weighted by Gasteiger charge is -2.17. The zero-order chi connectivity index (χ0) is 25.2. The molecule has 1 aromatic heterocycles. The van der Waals surface area contributed by atoms with Crippen LogP contribution < -0.4 is 29.8 Å². The third-order valence-electron chi connectivity index (χ3n) is 4.63. The number of hydrazine groups is 1. The Balaban J connectivity index is 1.72. The fraction of sp³-hybridized carbons (Fsp3) is 0.320. The molecule has 0 unspecified atom stereocenters. The molecule has 0 aliphatic rings. The van der Waals surface area contributed by atoms with E-state index in [0.29, 0.717) is 42.8 Å². The topological polar surface area (TPSA) is 108 Å². The third kappa shape index (κ3) is 6.86. The van der Waals surface area contributed by atoms with E-state index < -0.39 is 11.8 Å². The predicted octanol–water partition coefficient (Wildman–Crippen LogP) is 4.30. The van der Waals surface area contributed by atoms with Gasteiger partial charge in [0.05, 0.1) is 36.1 Å². The van der Waals surface area contributed by atoms with Crippen molar-refractivity contribution in [2.45, 2.75) is 34.3 Å². The summed E-state index contributed by atoms with van der Waals surface area (Å²) in [7, 11) is 0. The van der Waals surface area contributed by atoms with Gasteiger partial charge in [-0.05, 0) is 52.0 Å². The summed E-state index contributed by atoms with van der Waals surface area (Å²) in [5.74, 6) is 0.506. The molecular weight excluding hydrogens is 470 g/mol. The smallest absolute Gasteiger partial charge is 0.273 e. The van der Waals surface area contributed by atoms with E-state index in [9.17, 15) is 9.59 Å². The second-order valence-corrected chi connectivity index (χ2v) is 8.21. The molecule has 0 saturated heterocycles. The number of para-hydroxylation sites is 1. The van der Waals surface area contributed by atoms with Crippen LogP contribution in [0.3, 0.4) is 0 Å². The number of amides is 2. The summed E-state index contributed by atoms with van der Waals surface area (Å²) in [6.07, 6.45) is 0. The molecular formula is C25H29N3O6S. The standard InChI is InChI=1S/C25H29N3O6S/c1-5-31-21-12-17(13-22(32-6-2)23(21)33-7-3)24(29)27-28-25(30)19-10-8-9-11-20(19)34-14-18-15-35-16(4)26-18/h8-13,15H,5-7,14H2,1-4H3,(H,27,29)(H,28,30). The van der Waals surface area contributed by atoms with Gasteiger partial charge in [-0.3, -0.25) is 20.4 Å². The largest absolute Gasteiger partial charge is 0.490 e. The van der Waals surface area contributed by atoms with E-state index in [2.05, 4.69) is 15.8 Å². The number of aromatic nitrogens is 1. The number of hydrogen-bond acceptors (Lipinski definition) is 8. The summed E-state index contributed by atoms with van der Waals surface area (Å²) in [6.45, 7) is 8.82. The summed E-state index contributed by atoms with van der Waals surface area (Å²) >= 11 is 1.53. The lowest BCUT2D eigenvalue weighted by molar-refractivity contribution is 0.0843. The molecule has 9 nitrogen and oxygen atoms in total. The summed E-state index contributed by atoms with van der Waals surface area (Å²) in [6, 6.07) is 9.87. The monoisotopic (exact) mass is 499 g/mol. The molecule has 3 rings (SSSR count). The van der Waals surface area contributed by atoms with Crippen molar-refractivity contribution < 1.29 is 28.5 Å². The predicted molar refractivity (Wildman–Crippen MR) is 133 cm³/mol. The number of hydrogen-bond donors (Lipinski definition) is 2. The minimum atomic E-state index is -0.542. The number of carbonyl (C=O) groups is 2. The molecule has 0 fully saturated rings. The van der Waals surface area contributed by atoms with Gasteiger partial charge in [0.15, 0.2) is 11.5 Å². The normalized spacial score (nSPS) is 10.4. The average molecular weight is 500 g/mol. The first-order valence-corrected chi connectivity index (χ1v) is 12.1. The van der Waals surface area contributed by atoms with Crippen LogP contribution in [0.1, 0.15) is 52.2 Å². The van der Waals surface area contributed by atoms with Crippen LogP contribution in [0, 0.1) is 6.92 Å². The van der Waals surface area contributed by atoms with Crippen molar-refractivity contribution in [3.63, 3.8) is 0 Å². The Bertz CT molecular complexity index is 1140. The van der Waals surface area contributed by atoms with Crippen LogP contribution in [0.4, 0.5) is 0 Å². The van der Waals surface area contributed by atoms with Gasteiger partial charge in [-0.1, -0.05) is 12.1 Å². The number of rotatable bonds is 11. The van der Waals surface area contributed by atoms with Gasteiger partial charge in [0.1, 0.15) is 12.4 Å². The van der Waals surface area contributed by atoms with Gasteiger partial charge >= 0.3 is 0 Å². The van der Waals surface area contributed by atoms with Crippen molar-refractivity contribution in [1.29, 1.82) is 0 Å². The molecule has 186 valence electrons. The number of thiazole rings is 1. The summed E-state index contributed by atoms with van der Waals surface area (Å²) in [4.78, 5) is 30.0. The summed E-state index contributed by atoms with van der Waals surface area (Å²) in [5, 5.41) is 2.84. The van der Waals surface area contributed by atoms with Crippen LogP contribution >= 0.6 is 11.3 Å². The molecule has 3 aromatic rings. The Labute approximate surface area is 208 Å². The fourth-order valence-corrected chi connectivity index (χ4v) is 3.78. The Kier molecular flexibility index (Phi) is 9.31. The zero-order valence-corrected chi connectivity index (χ0v) is 21.0. The molecule has 0 bridgehead atoms. The van der Waals surface area contributed by atoms with Crippen LogP contribution in [0.5, 0.6) is 23.0 Å². The third-order valence-corrected chi connectivity index (χ3v) is 5.46. The van der Waals surface area contributed by atoms with Crippen LogP contribution in [0.25, 0.3) is 0 Å². The van der Waals surface area contributed by atoms with E-state index in [-0.39, 0.29) is 17.7 Å². The van der Waals surface area contributed by atoms with Crippen molar-refractivity contribution in [2.75, 3.05) is 19.8 Å². The molecule has 35 heavy (non-hydrogen) atoms. The van der Waals surface area contributed by atoms with Gasteiger partial charge in [0.25, 0.3) is 11.8 Å². The molecule has 0 aliphatic carbocycles. The molecule has 1 heterocycles. The molecule has 2 amide bonds. The first kappa shape index (κ1) is 25.8. The lowest BCUT2D eigenvalue weighted by atomic mass is 10.1. The molecule has 0 aliphatic heterocycles. The first-order valence-electron chi connectivity index (χ1n) is 11.3. The molecule has 0 saturated carbocycles. The van der Waals surface area contributed by atoms with Gasteiger partial charge in [-0.25, -0.2) is 4.98 Å². The molecule has 2 aromatic carbocycles. The van der Waals surface area contributed by atoms with Crippen molar-refractivity contribution in [1.82, 2.24) is 15.8 Å². The highest BCUT2D eigenvalue weighted by Gasteiger charge is 2.19. The van der Waals surface area contributed by atoms with Crippen molar-refractivity contribution in [2.24, 2.45) is 0 Å². The number of benzene rings is 2. The molecule has 0 atom stereocenters. The quantitative estimate of drug-likeness (QED) is 0.379. The Morgan fingerprint density at radius 1 is 0.857 bits per heavy atom. The van der Waals surface area contributed by atoms with Gasteiger partial charge in [0.2, 0.25) is 5.75 Å². The number of nitrogens with zero attached hydrogens (tertiary/aromatic N) is 1. The number of nitrogens with one attached hydrogen (secondary N) is 2. The van der Waals surface area contributed by atoms with Gasteiger partial charge in [0, 0.05) is 10.9 Å². The van der Waals surface area contributed by atoms with Crippen LogP contribution in [-0.4, -0.2) is 36.6 Å². The maximum absolute atomic E-state index is 12.8. The first-order chi connectivity index (χ1) is 17.0. The van der Waals surface area contributed by atoms with Gasteiger partial charge in [-0.2, -0.15) is 0 Å². The Morgan fingerprint density at radius 2 is 1.49 bits per heavy atom. The highest BCUT2D eigenvalue weighted by molar-refractivity contribution is 7.09.